The molecule has 0 bridgehead atoms. The van der Waals surface area contributed by atoms with Gasteiger partial charge in [0.25, 0.3) is 5.91 Å². The van der Waals surface area contributed by atoms with Crippen LogP contribution in [0, 0.1) is 5.41 Å². The van der Waals surface area contributed by atoms with E-state index >= 15 is 0 Å². The van der Waals surface area contributed by atoms with Gasteiger partial charge in [0.15, 0.2) is 0 Å². The summed E-state index contributed by atoms with van der Waals surface area (Å²) in [5.74, 6) is -2.02. The molecule has 0 saturated carbocycles. The number of nitrogens with one attached hydrogen (secondary N) is 3. The molecule has 1 heterocycles. The van der Waals surface area contributed by atoms with Crippen molar-refractivity contribution in [3.05, 3.63) is 76.8 Å². The molecular weight excluding hydrogens is 612 g/mol. The first-order chi connectivity index (χ1) is 21.7. The number of carbonyl (C=O) groups excluding carboxylic acids is 3. The van der Waals surface area contributed by atoms with Crippen LogP contribution < -0.4 is 26.8 Å². The molecular formula is C33H41ClN6O6. The van der Waals surface area contributed by atoms with Crippen molar-refractivity contribution in [2.75, 3.05) is 18.6 Å². The van der Waals surface area contributed by atoms with Crippen LogP contribution in [0.25, 0.3) is 17.0 Å². The van der Waals surface area contributed by atoms with Crippen molar-refractivity contribution < 1.29 is 29.4 Å². The number of nitrogens with zero attached hydrogens (tertiary/aromatic N) is 2. The third-order valence-corrected chi connectivity index (χ3v) is 7.69. The number of carboxylic acids is 1. The smallest absolute Gasteiger partial charge is 0.312 e. The van der Waals surface area contributed by atoms with E-state index in [1.165, 1.54) is 11.9 Å². The van der Waals surface area contributed by atoms with Gasteiger partial charge in [0, 0.05) is 30.4 Å². The molecule has 0 saturated heterocycles. The summed E-state index contributed by atoms with van der Waals surface area (Å²) in [6.45, 7) is 4.96. The SMILES string of the molecule is C[C@H](NC(=O)[C@@H](O)Cc1ccccc1Cl)C(=O)NCCC[C@H](N)C(=O)NN(C)c1ccc2ccc(/C=C/C(C)(C)C(=O)O)cc2n1. The number of hydrazine groups is 1. The van der Waals surface area contributed by atoms with Crippen LogP contribution >= 0.6 is 11.6 Å². The van der Waals surface area contributed by atoms with Crippen LogP contribution in [0.1, 0.15) is 44.7 Å². The van der Waals surface area contributed by atoms with Gasteiger partial charge in [-0.3, -0.25) is 29.6 Å². The fourth-order valence-corrected chi connectivity index (χ4v) is 4.47. The molecule has 3 amide bonds. The second-order valence-electron chi connectivity index (χ2n) is 11.6. The Hall–Kier alpha value is -4.52. The zero-order chi connectivity index (χ0) is 34.0. The van der Waals surface area contributed by atoms with Crippen LogP contribution in [0.3, 0.4) is 0 Å². The molecule has 0 spiro atoms. The first kappa shape index (κ1) is 36.0. The molecule has 7 N–H and O–H groups in total. The Kier molecular flexibility index (Phi) is 12.6. The van der Waals surface area contributed by atoms with E-state index < -0.39 is 47.3 Å². The number of aliphatic hydroxyl groups excluding tert-OH is 1. The predicted molar refractivity (Wildman–Crippen MR) is 178 cm³/mol. The molecule has 3 atom stereocenters. The quantitative estimate of drug-likeness (QED) is 0.106. The van der Waals surface area contributed by atoms with E-state index in [4.69, 9.17) is 17.3 Å². The Morgan fingerprint density at radius 1 is 1.07 bits per heavy atom. The number of fused-ring (bicyclic) bond motifs is 1. The molecule has 3 rings (SSSR count). The van der Waals surface area contributed by atoms with Gasteiger partial charge < -0.3 is 26.6 Å². The van der Waals surface area contributed by atoms with Gasteiger partial charge in [0.05, 0.1) is 17.0 Å². The van der Waals surface area contributed by atoms with E-state index in [1.54, 1.807) is 63.4 Å². The lowest BCUT2D eigenvalue weighted by atomic mass is 9.92. The number of hydrogen-bond donors (Lipinski definition) is 6. The van der Waals surface area contributed by atoms with Crippen LogP contribution in [-0.2, 0) is 25.6 Å². The number of aromatic nitrogens is 1. The average Bonchev–Trinajstić information content (AvgIpc) is 3.02. The normalized spacial score (nSPS) is 13.5. The van der Waals surface area contributed by atoms with Crippen LogP contribution in [0.2, 0.25) is 5.02 Å². The van der Waals surface area contributed by atoms with Crippen LogP contribution in [-0.4, -0.2) is 70.7 Å². The summed E-state index contributed by atoms with van der Waals surface area (Å²) in [4.78, 5) is 53.5. The molecule has 46 heavy (non-hydrogen) atoms. The lowest BCUT2D eigenvalue weighted by Crippen LogP contribution is -2.49. The Morgan fingerprint density at radius 2 is 1.76 bits per heavy atom. The number of carboxylic acid groups (broad SMARTS) is 1. The third-order valence-electron chi connectivity index (χ3n) is 7.32. The lowest BCUT2D eigenvalue weighted by molar-refractivity contribution is -0.144. The standard InChI is InChI=1S/C33H41ClN6O6/c1-20(37-31(44)27(41)19-23-8-5-6-9-24(23)34)29(42)36-17-7-10-25(35)30(43)39-40(4)28-14-13-22-12-11-21(18-26(22)38-28)15-16-33(2,3)32(45)46/h5-6,8-9,11-16,18,20,25,27,41H,7,10,17,19,35H2,1-4H3,(H,36,42)(H,37,44)(H,39,43)(H,45,46)/b16-15+/t20-,25-,27-/m0/s1. The van der Waals surface area contributed by atoms with Gasteiger partial charge >= 0.3 is 5.97 Å². The zero-order valence-electron chi connectivity index (χ0n) is 26.3. The Bertz CT molecular complexity index is 1600. The van der Waals surface area contributed by atoms with Gasteiger partial charge in [0.1, 0.15) is 18.0 Å². The number of carbonyl (C=O) groups is 4. The maximum Gasteiger partial charge on any atom is 0.312 e. The van der Waals surface area contributed by atoms with Gasteiger partial charge in [0.2, 0.25) is 11.8 Å². The Balaban J connectivity index is 1.44. The van der Waals surface area contributed by atoms with Gasteiger partial charge in [-0.1, -0.05) is 54.1 Å². The highest BCUT2D eigenvalue weighted by atomic mass is 35.5. The number of rotatable bonds is 15. The van der Waals surface area contributed by atoms with E-state index in [0.29, 0.717) is 28.3 Å². The van der Waals surface area contributed by atoms with Gasteiger partial charge in [-0.15, -0.1) is 0 Å². The van der Waals surface area contributed by atoms with Crippen molar-refractivity contribution in [1.29, 1.82) is 0 Å². The van der Waals surface area contributed by atoms with Crippen molar-refractivity contribution in [1.82, 2.24) is 21.0 Å². The molecule has 0 aliphatic heterocycles. The second-order valence-corrected chi connectivity index (χ2v) is 12.0. The van der Waals surface area contributed by atoms with Gasteiger partial charge in [-0.25, -0.2) is 4.98 Å². The van der Waals surface area contributed by atoms with Crippen LogP contribution in [0.4, 0.5) is 5.82 Å². The van der Waals surface area contributed by atoms with Crippen LogP contribution in [0.15, 0.2) is 60.7 Å². The summed E-state index contributed by atoms with van der Waals surface area (Å²) in [6, 6.07) is 14.3. The van der Waals surface area contributed by atoms with E-state index in [9.17, 15) is 29.4 Å². The molecule has 1 aromatic heterocycles. The topological polar surface area (TPSA) is 187 Å². The highest BCUT2D eigenvalue weighted by molar-refractivity contribution is 6.31. The average molecular weight is 653 g/mol. The summed E-state index contributed by atoms with van der Waals surface area (Å²) >= 11 is 6.08. The zero-order valence-corrected chi connectivity index (χ0v) is 27.0. The first-order valence-corrected chi connectivity index (χ1v) is 15.2. The van der Waals surface area contributed by atoms with Crippen molar-refractivity contribution in [3.63, 3.8) is 0 Å². The number of anilines is 1. The number of pyridine rings is 1. The number of hydrogen-bond acceptors (Lipinski definition) is 8. The summed E-state index contributed by atoms with van der Waals surface area (Å²) < 4.78 is 0. The Labute approximate surface area is 273 Å². The first-order valence-electron chi connectivity index (χ1n) is 14.8. The van der Waals surface area contributed by atoms with Crippen molar-refractivity contribution in [2.45, 2.75) is 58.2 Å². The largest absolute Gasteiger partial charge is 0.481 e. The molecule has 12 nitrogen and oxygen atoms in total. The Morgan fingerprint density at radius 3 is 2.46 bits per heavy atom. The number of aliphatic hydroxyl groups is 1. The van der Waals surface area contributed by atoms with E-state index in [2.05, 4.69) is 21.0 Å². The fourth-order valence-electron chi connectivity index (χ4n) is 4.25. The number of nitrogens with two attached hydrogens (primary N) is 1. The molecule has 2 aromatic carbocycles. The van der Waals surface area contributed by atoms with Crippen molar-refractivity contribution >= 4 is 58.1 Å². The van der Waals surface area contributed by atoms with Crippen LogP contribution in [0.5, 0.6) is 0 Å². The molecule has 3 aromatic rings. The molecule has 0 fully saturated rings. The highest BCUT2D eigenvalue weighted by Crippen LogP contribution is 2.22. The van der Waals surface area contributed by atoms with Crippen molar-refractivity contribution in [2.24, 2.45) is 11.1 Å². The monoisotopic (exact) mass is 652 g/mol. The second kappa shape index (κ2) is 16.2. The molecule has 0 aliphatic rings. The maximum atomic E-state index is 12.7. The van der Waals surface area contributed by atoms with E-state index in [0.717, 1.165) is 10.9 Å². The fraction of sp³-hybridized carbons (Fsp3) is 0.364. The number of amides is 3. The molecule has 246 valence electrons. The maximum absolute atomic E-state index is 12.7. The third kappa shape index (κ3) is 10.3. The minimum atomic E-state index is -1.37. The van der Waals surface area contributed by atoms with E-state index in [-0.39, 0.29) is 19.4 Å². The molecule has 13 heteroatoms. The minimum absolute atomic E-state index is 0.0131. The van der Waals surface area contributed by atoms with E-state index in [1.807, 2.05) is 24.3 Å². The van der Waals surface area contributed by atoms with Gasteiger partial charge in [-0.05, 0) is 69.0 Å². The number of aliphatic carboxylic acids is 1. The molecule has 0 aliphatic carbocycles. The summed E-state index contributed by atoms with van der Waals surface area (Å²) in [6.07, 6.45) is 2.69. The summed E-state index contributed by atoms with van der Waals surface area (Å²) in [5.41, 5.74) is 9.84. The highest BCUT2D eigenvalue weighted by Gasteiger charge is 2.24. The summed E-state index contributed by atoms with van der Waals surface area (Å²) in [5, 5.41) is 27.5. The lowest BCUT2D eigenvalue weighted by Gasteiger charge is -2.22. The van der Waals surface area contributed by atoms with Crippen molar-refractivity contribution in [3.8, 4) is 0 Å². The number of benzene rings is 2. The minimum Gasteiger partial charge on any atom is -0.481 e. The molecule has 0 radical (unpaired) electrons. The summed E-state index contributed by atoms with van der Waals surface area (Å²) in [7, 11) is 1.64. The van der Waals surface area contributed by atoms with Gasteiger partial charge in [-0.2, -0.15) is 0 Å². The predicted octanol–water partition coefficient (Wildman–Crippen LogP) is 2.81. The molecule has 0 unspecified atom stereocenters. The number of halogens is 1.